The molecule has 480 valence electrons. The average molecular weight is 1200 g/mol. The number of hydrogen-bond acceptors (Lipinski definition) is 15. The molecule has 0 bridgehead atoms. The highest BCUT2D eigenvalue weighted by molar-refractivity contribution is 7.47. The molecular formula is C62H120O17P2. The molecule has 0 spiro atoms. The molecule has 0 aromatic heterocycles. The zero-order valence-electron chi connectivity index (χ0n) is 52.4. The van der Waals surface area contributed by atoms with E-state index in [4.69, 9.17) is 37.0 Å². The first-order valence-electron chi connectivity index (χ1n) is 32.2. The van der Waals surface area contributed by atoms with E-state index in [1.807, 2.05) is 0 Å². The molecular weight excluding hydrogens is 1080 g/mol. The van der Waals surface area contributed by atoms with Crippen LogP contribution in [0.15, 0.2) is 0 Å². The van der Waals surface area contributed by atoms with Gasteiger partial charge >= 0.3 is 39.5 Å². The summed E-state index contributed by atoms with van der Waals surface area (Å²) in [6, 6.07) is 0. The van der Waals surface area contributed by atoms with Crippen molar-refractivity contribution in [2.24, 2.45) is 23.7 Å². The van der Waals surface area contributed by atoms with Crippen LogP contribution in [-0.2, 0) is 65.4 Å². The molecule has 3 N–H and O–H groups in total. The Morgan fingerprint density at radius 3 is 0.765 bits per heavy atom. The third-order valence-electron chi connectivity index (χ3n) is 14.1. The van der Waals surface area contributed by atoms with Gasteiger partial charge in [-0.05, 0) is 49.4 Å². The number of phosphoric acid groups is 2. The summed E-state index contributed by atoms with van der Waals surface area (Å²) in [5.41, 5.74) is 0. The Morgan fingerprint density at radius 1 is 0.309 bits per heavy atom. The summed E-state index contributed by atoms with van der Waals surface area (Å²) in [5, 5.41) is 10.5. The second kappa shape index (κ2) is 52.4. The second-order valence-corrected chi connectivity index (χ2v) is 27.3. The van der Waals surface area contributed by atoms with Crippen molar-refractivity contribution in [2.75, 3.05) is 39.6 Å². The van der Waals surface area contributed by atoms with Gasteiger partial charge in [0.05, 0.1) is 26.4 Å². The van der Waals surface area contributed by atoms with Gasteiger partial charge in [-0.1, -0.05) is 242 Å². The van der Waals surface area contributed by atoms with E-state index in [2.05, 4.69) is 55.4 Å². The SMILES string of the molecule is CC(C)CCCCCCCCCCCC(=O)O[C@H](COC(=O)CCCCCCCCCCC(C)C)COP(=O)(O)OC[C@@H](O)COP(=O)(O)OC[C@@H](COC(=O)CCCCCCCCC(C)C)OC(=O)CCCCCCCCC(C)C. The minimum Gasteiger partial charge on any atom is -0.462 e. The largest absolute Gasteiger partial charge is 0.472 e. The zero-order valence-corrected chi connectivity index (χ0v) is 54.2. The molecule has 17 nitrogen and oxygen atoms in total. The Bertz CT molecular complexity index is 1630. The van der Waals surface area contributed by atoms with E-state index in [-0.39, 0.29) is 25.7 Å². The summed E-state index contributed by atoms with van der Waals surface area (Å²) >= 11 is 0. The number of rotatable bonds is 59. The molecule has 0 saturated carbocycles. The highest BCUT2D eigenvalue weighted by Gasteiger charge is 2.30. The molecule has 0 aliphatic heterocycles. The number of esters is 4. The third-order valence-corrected chi connectivity index (χ3v) is 16.0. The van der Waals surface area contributed by atoms with Crippen molar-refractivity contribution >= 4 is 39.5 Å². The van der Waals surface area contributed by atoms with Gasteiger partial charge in [0, 0.05) is 25.7 Å². The number of aliphatic hydroxyl groups is 1. The molecule has 5 atom stereocenters. The van der Waals surface area contributed by atoms with Gasteiger partial charge < -0.3 is 33.8 Å². The van der Waals surface area contributed by atoms with Crippen LogP contribution in [0.3, 0.4) is 0 Å². The summed E-state index contributed by atoms with van der Waals surface area (Å²) in [5.74, 6) is 0.664. The number of ether oxygens (including phenoxy) is 4. The van der Waals surface area contributed by atoms with Crippen molar-refractivity contribution in [3.8, 4) is 0 Å². The first kappa shape index (κ1) is 79.1. The molecule has 0 aliphatic rings. The molecule has 0 saturated heterocycles. The molecule has 19 heteroatoms. The summed E-state index contributed by atoms with van der Waals surface area (Å²) in [4.78, 5) is 72.0. The van der Waals surface area contributed by atoms with Crippen molar-refractivity contribution in [3.05, 3.63) is 0 Å². The van der Waals surface area contributed by atoms with Crippen LogP contribution in [0, 0.1) is 23.7 Å². The van der Waals surface area contributed by atoms with Crippen molar-refractivity contribution in [1.29, 1.82) is 0 Å². The van der Waals surface area contributed by atoms with Crippen LogP contribution >= 0.6 is 15.6 Å². The molecule has 0 fully saturated rings. The lowest BCUT2D eigenvalue weighted by Gasteiger charge is -2.21. The van der Waals surface area contributed by atoms with Crippen LogP contribution in [-0.4, -0.2) is 96.7 Å². The Balaban J connectivity index is 5.25. The molecule has 2 unspecified atom stereocenters. The quantitative estimate of drug-likeness (QED) is 0.0222. The molecule has 0 aliphatic carbocycles. The van der Waals surface area contributed by atoms with E-state index >= 15 is 0 Å². The second-order valence-electron chi connectivity index (χ2n) is 24.3. The zero-order chi connectivity index (χ0) is 60.4. The van der Waals surface area contributed by atoms with E-state index in [1.54, 1.807) is 0 Å². The summed E-state index contributed by atoms with van der Waals surface area (Å²) in [7, 11) is -9.88. The van der Waals surface area contributed by atoms with Crippen molar-refractivity contribution in [3.63, 3.8) is 0 Å². The average Bonchev–Trinajstić information content (AvgIpc) is 3.40. The van der Waals surface area contributed by atoms with Gasteiger partial charge in [0.15, 0.2) is 12.2 Å². The van der Waals surface area contributed by atoms with Crippen LogP contribution in [0.25, 0.3) is 0 Å². The number of unbranched alkanes of at least 4 members (excludes halogenated alkanes) is 25. The number of phosphoric ester groups is 2. The Kier molecular flexibility index (Phi) is 51.1. The fourth-order valence-electron chi connectivity index (χ4n) is 9.08. The monoisotopic (exact) mass is 1200 g/mol. The van der Waals surface area contributed by atoms with Crippen LogP contribution in [0.1, 0.15) is 293 Å². The maximum absolute atomic E-state index is 13.0. The van der Waals surface area contributed by atoms with Crippen LogP contribution in [0.2, 0.25) is 0 Å². The highest BCUT2D eigenvalue weighted by Crippen LogP contribution is 2.45. The summed E-state index contributed by atoms with van der Waals surface area (Å²) in [6.45, 7) is 13.8. The van der Waals surface area contributed by atoms with Crippen molar-refractivity contribution in [2.45, 2.75) is 311 Å². The topological polar surface area (TPSA) is 237 Å². The van der Waals surface area contributed by atoms with Gasteiger partial charge in [0.2, 0.25) is 0 Å². The normalized spacial score (nSPS) is 14.5. The summed E-state index contributed by atoms with van der Waals surface area (Å²) in [6.07, 6.45) is 31.1. The summed E-state index contributed by atoms with van der Waals surface area (Å²) < 4.78 is 67.8. The standard InChI is InChI=1S/C62H120O17P2/c1-52(2)38-30-22-14-10-9-11-17-28-36-44-61(66)78-57(48-72-59(64)42-34-26-16-13-12-15-23-31-39-53(3)4)50-76-80(68,69)74-46-56(63)47-75-81(70,71)77-51-58(79-62(67)45-37-29-21-19-25-33-41-55(7)8)49-73-60(65)43-35-27-20-18-24-32-40-54(5)6/h52-58,63H,9-51H2,1-8H3,(H,68,69)(H,70,71)/t56-,57-,58-/m1/s1. The molecule has 0 heterocycles. The van der Waals surface area contributed by atoms with Crippen LogP contribution in [0.5, 0.6) is 0 Å². The fraction of sp³-hybridized carbons (Fsp3) is 0.935. The van der Waals surface area contributed by atoms with Crippen LogP contribution in [0.4, 0.5) is 0 Å². The van der Waals surface area contributed by atoms with Gasteiger partial charge in [-0.2, -0.15) is 0 Å². The maximum Gasteiger partial charge on any atom is 0.472 e. The van der Waals surface area contributed by atoms with Gasteiger partial charge in [0.1, 0.15) is 19.3 Å². The minimum absolute atomic E-state index is 0.100. The molecule has 0 aromatic rings. The van der Waals surface area contributed by atoms with Gasteiger partial charge in [0.25, 0.3) is 0 Å². The first-order valence-corrected chi connectivity index (χ1v) is 35.2. The molecule has 0 amide bonds. The predicted octanol–water partition coefficient (Wildman–Crippen LogP) is 16.6. The Labute approximate surface area is 492 Å². The Morgan fingerprint density at radius 2 is 0.519 bits per heavy atom. The van der Waals surface area contributed by atoms with Crippen molar-refractivity contribution in [1.82, 2.24) is 0 Å². The molecule has 0 rings (SSSR count). The van der Waals surface area contributed by atoms with Crippen molar-refractivity contribution < 1.29 is 80.2 Å². The van der Waals surface area contributed by atoms with E-state index < -0.39 is 97.5 Å². The number of aliphatic hydroxyl groups excluding tert-OH is 1. The van der Waals surface area contributed by atoms with Gasteiger partial charge in [-0.15, -0.1) is 0 Å². The van der Waals surface area contributed by atoms with Crippen LogP contribution < -0.4 is 0 Å². The smallest absolute Gasteiger partial charge is 0.462 e. The lowest BCUT2D eigenvalue weighted by atomic mass is 10.0. The van der Waals surface area contributed by atoms with E-state index in [9.17, 15) is 43.2 Å². The van der Waals surface area contributed by atoms with Gasteiger partial charge in [-0.3, -0.25) is 37.3 Å². The number of carbonyl (C=O) groups excluding carboxylic acids is 4. The first-order chi connectivity index (χ1) is 38.6. The lowest BCUT2D eigenvalue weighted by Crippen LogP contribution is -2.30. The predicted molar refractivity (Wildman–Crippen MR) is 321 cm³/mol. The molecule has 81 heavy (non-hydrogen) atoms. The fourth-order valence-corrected chi connectivity index (χ4v) is 10.7. The van der Waals surface area contributed by atoms with E-state index in [0.29, 0.717) is 37.5 Å². The molecule has 0 aromatic carbocycles. The van der Waals surface area contributed by atoms with E-state index in [1.165, 1.54) is 89.9 Å². The Hall–Kier alpha value is -1.94. The highest BCUT2D eigenvalue weighted by atomic mass is 31.2. The van der Waals surface area contributed by atoms with E-state index in [0.717, 1.165) is 108 Å². The minimum atomic E-state index is -4.94. The molecule has 0 radical (unpaired) electrons. The van der Waals surface area contributed by atoms with Gasteiger partial charge in [-0.25, -0.2) is 9.13 Å². The number of carbonyl (C=O) groups is 4. The lowest BCUT2D eigenvalue weighted by molar-refractivity contribution is -0.161. The third kappa shape index (κ3) is 56.9. The number of hydrogen-bond donors (Lipinski definition) is 3. The maximum atomic E-state index is 13.0.